The average molecular weight is 614 g/mol. The summed E-state index contributed by atoms with van der Waals surface area (Å²) >= 11 is 0. The number of hydrogen-bond donors (Lipinski definition) is 2. The number of carbonyl (C=O) groups excluding carboxylic acids is 2. The number of benzene rings is 2. The van der Waals surface area contributed by atoms with Crippen molar-refractivity contribution in [1.29, 1.82) is 0 Å². The Bertz CT molecular complexity index is 1660. The van der Waals surface area contributed by atoms with Crippen LogP contribution in [0.4, 0.5) is 11.4 Å². The van der Waals surface area contributed by atoms with E-state index < -0.39 is 10.0 Å². The summed E-state index contributed by atoms with van der Waals surface area (Å²) in [7, 11) is -0.261. The molecular weight excluding hydrogens is 566 g/mol. The molecule has 11 heteroatoms. The van der Waals surface area contributed by atoms with E-state index in [0.717, 1.165) is 61.0 Å². The van der Waals surface area contributed by atoms with E-state index in [1.165, 1.54) is 20.0 Å². The summed E-state index contributed by atoms with van der Waals surface area (Å²) in [6.45, 7) is 9.90. The van der Waals surface area contributed by atoms with Crippen LogP contribution in [0.1, 0.15) is 64.5 Å². The molecule has 2 aliphatic rings. The van der Waals surface area contributed by atoms with Gasteiger partial charge in [0.2, 0.25) is 15.9 Å². The smallest absolute Gasteiger partial charge is 0.272 e. The number of amides is 2. The third-order valence-corrected chi connectivity index (χ3v) is 8.94. The van der Waals surface area contributed by atoms with Gasteiger partial charge in [0, 0.05) is 54.4 Å². The summed E-state index contributed by atoms with van der Waals surface area (Å²) in [5, 5.41) is 3.94. The van der Waals surface area contributed by atoms with E-state index in [4.69, 9.17) is 4.74 Å². The van der Waals surface area contributed by atoms with Crippen molar-refractivity contribution in [2.75, 3.05) is 49.6 Å². The van der Waals surface area contributed by atoms with Gasteiger partial charge in [0.05, 0.1) is 30.3 Å². The highest BCUT2D eigenvalue weighted by molar-refractivity contribution is 7.92. The number of nitrogens with one attached hydrogen (secondary N) is 2. The van der Waals surface area contributed by atoms with Gasteiger partial charge in [-0.3, -0.25) is 19.2 Å². The monoisotopic (exact) mass is 613 g/mol. The molecule has 0 atom stereocenters. The zero-order valence-corrected chi connectivity index (χ0v) is 26.8. The number of aryl methyl sites for hydroxylation is 1. The Labute approximate surface area is 257 Å². The second kappa shape index (κ2) is 11.8. The molecule has 1 saturated carbocycles. The number of aromatic nitrogens is 1. The van der Waals surface area contributed by atoms with Gasteiger partial charge in [-0.1, -0.05) is 39.0 Å². The quantitative estimate of drug-likeness (QED) is 0.350. The lowest BCUT2D eigenvalue weighted by molar-refractivity contribution is -0.133. The number of hydrogen-bond acceptors (Lipinski definition) is 6. The summed E-state index contributed by atoms with van der Waals surface area (Å²) < 4.78 is 34.2. The van der Waals surface area contributed by atoms with Gasteiger partial charge in [0.25, 0.3) is 5.91 Å². The number of anilines is 2. The Kier molecular flexibility index (Phi) is 8.50. The molecule has 1 saturated heterocycles. The van der Waals surface area contributed by atoms with Crippen LogP contribution in [0, 0.1) is 5.92 Å². The van der Waals surface area contributed by atoms with E-state index in [9.17, 15) is 18.0 Å². The fourth-order valence-electron chi connectivity index (χ4n) is 5.78. The number of sulfonamides is 1. The molecule has 2 aromatic carbocycles. The largest absolute Gasteiger partial charge is 0.492 e. The molecule has 2 amide bonds. The number of nitrogens with zero attached hydrogens (tertiary/aromatic N) is 3. The number of methoxy groups -OCH3 is 1. The third-order valence-electron chi connectivity index (χ3n) is 8.35. The molecule has 2 fully saturated rings. The SMILES string of the molecule is COc1c(NC(=O)c2cc3cccc(CN4CCN(C(=O)CC5CC5)CC4)c3n2C)cc(C(C)(C)C)cc1NS(C)(=O)=O.[HH].[HH]. The molecule has 1 aromatic heterocycles. The molecule has 0 radical (unpaired) electrons. The van der Waals surface area contributed by atoms with Gasteiger partial charge >= 0.3 is 0 Å². The van der Waals surface area contributed by atoms with E-state index in [0.29, 0.717) is 23.7 Å². The highest BCUT2D eigenvalue weighted by Gasteiger charge is 2.29. The molecular formula is C32H47N5O5S. The fourth-order valence-corrected chi connectivity index (χ4v) is 6.33. The highest BCUT2D eigenvalue weighted by atomic mass is 32.2. The van der Waals surface area contributed by atoms with Crippen LogP contribution in [0.15, 0.2) is 36.4 Å². The standard InChI is InChI=1S/C32H43N5O5S.2H2/c1-32(2,3)24-18-25(30(42-5)26(19-24)34-43(6,40)41)33-31(39)27-17-22-8-7-9-23(29(22)35(27)4)20-36-12-14-37(15-13-36)28(38)16-21-10-11-21;;/h7-9,17-19,21,34H,10-16,20H2,1-6H3,(H,33,39);2*1H. The van der Waals surface area contributed by atoms with Crippen molar-refractivity contribution < 1.29 is 25.6 Å². The van der Waals surface area contributed by atoms with E-state index >= 15 is 0 Å². The molecule has 43 heavy (non-hydrogen) atoms. The second-order valence-corrected chi connectivity index (χ2v) is 14.7. The summed E-state index contributed by atoms with van der Waals surface area (Å²) in [5.41, 5.74) is 3.73. The predicted molar refractivity (Wildman–Crippen MR) is 174 cm³/mol. The highest BCUT2D eigenvalue weighted by Crippen LogP contribution is 2.39. The first kappa shape index (κ1) is 30.9. The van der Waals surface area contributed by atoms with Crippen LogP contribution in [0.5, 0.6) is 5.75 Å². The van der Waals surface area contributed by atoms with Crippen LogP contribution in [0.3, 0.4) is 0 Å². The molecule has 2 heterocycles. The number of para-hydroxylation sites is 1. The van der Waals surface area contributed by atoms with Crippen molar-refractivity contribution in [3.05, 3.63) is 53.2 Å². The summed E-state index contributed by atoms with van der Waals surface area (Å²) in [4.78, 5) is 30.6. The normalized spacial score (nSPS) is 16.4. The minimum atomic E-state index is -3.59. The van der Waals surface area contributed by atoms with Crippen LogP contribution in [0.25, 0.3) is 10.9 Å². The molecule has 236 valence electrons. The predicted octanol–water partition coefficient (Wildman–Crippen LogP) is 5.04. The zero-order valence-electron chi connectivity index (χ0n) is 26.0. The van der Waals surface area contributed by atoms with Crippen molar-refractivity contribution in [2.45, 2.75) is 52.0 Å². The Morgan fingerprint density at radius 1 is 1.05 bits per heavy atom. The first-order valence-electron chi connectivity index (χ1n) is 14.8. The van der Waals surface area contributed by atoms with Crippen LogP contribution in [-0.2, 0) is 33.8 Å². The summed E-state index contributed by atoms with van der Waals surface area (Å²) in [6, 6.07) is 11.5. The number of carbonyl (C=O) groups is 2. The number of piperazine rings is 1. The molecule has 5 rings (SSSR count). The summed E-state index contributed by atoms with van der Waals surface area (Å²) in [5.74, 6) is 0.788. The molecule has 1 aliphatic heterocycles. The minimum absolute atomic E-state index is 0. The lowest BCUT2D eigenvalue weighted by Crippen LogP contribution is -2.48. The Balaban J connectivity index is 0.00000276. The van der Waals surface area contributed by atoms with Gasteiger partial charge in [-0.15, -0.1) is 0 Å². The van der Waals surface area contributed by atoms with E-state index in [-0.39, 0.29) is 31.5 Å². The van der Waals surface area contributed by atoms with Gasteiger partial charge in [-0.05, 0) is 53.5 Å². The molecule has 0 unspecified atom stereocenters. The molecule has 2 N–H and O–H groups in total. The van der Waals surface area contributed by atoms with E-state index in [1.807, 2.05) is 61.6 Å². The maximum absolute atomic E-state index is 13.7. The Morgan fingerprint density at radius 3 is 2.33 bits per heavy atom. The van der Waals surface area contributed by atoms with Crippen molar-refractivity contribution in [2.24, 2.45) is 13.0 Å². The average Bonchev–Trinajstić information content (AvgIpc) is 3.67. The van der Waals surface area contributed by atoms with Crippen molar-refractivity contribution in [1.82, 2.24) is 14.4 Å². The van der Waals surface area contributed by atoms with E-state index in [1.54, 1.807) is 6.07 Å². The third kappa shape index (κ3) is 7.15. The first-order valence-corrected chi connectivity index (χ1v) is 16.7. The molecule has 1 aliphatic carbocycles. The van der Waals surface area contributed by atoms with Gasteiger partial charge in [0.1, 0.15) is 5.69 Å². The minimum Gasteiger partial charge on any atom is -0.492 e. The Morgan fingerprint density at radius 2 is 1.72 bits per heavy atom. The maximum Gasteiger partial charge on any atom is 0.272 e. The molecule has 0 spiro atoms. The van der Waals surface area contributed by atoms with Crippen molar-refractivity contribution in [3.8, 4) is 5.75 Å². The lowest BCUT2D eigenvalue weighted by Gasteiger charge is -2.35. The van der Waals surface area contributed by atoms with Crippen molar-refractivity contribution in [3.63, 3.8) is 0 Å². The number of rotatable bonds is 9. The topological polar surface area (TPSA) is 113 Å². The molecule has 0 bridgehead atoms. The van der Waals surface area contributed by atoms with Crippen LogP contribution in [-0.4, -0.2) is 74.1 Å². The van der Waals surface area contributed by atoms with Gasteiger partial charge in [0.15, 0.2) is 5.75 Å². The maximum atomic E-state index is 13.7. The zero-order chi connectivity index (χ0) is 31.1. The fraction of sp³-hybridized carbons (Fsp3) is 0.500. The summed E-state index contributed by atoms with van der Waals surface area (Å²) in [6.07, 6.45) is 4.14. The number of ether oxygens (including phenoxy) is 1. The van der Waals surface area contributed by atoms with Crippen LogP contribution >= 0.6 is 0 Å². The Hall–Kier alpha value is -3.57. The lowest BCUT2D eigenvalue weighted by atomic mass is 9.86. The second-order valence-electron chi connectivity index (χ2n) is 12.9. The van der Waals surface area contributed by atoms with Crippen LogP contribution in [0.2, 0.25) is 0 Å². The molecule has 10 nitrogen and oxygen atoms in total. The first-order chi connectivity index (χ1) is 20.2. The van der Waals surface area contributed by atoms with Gasteiger partial charge < -0.3 is 19.5 Å². The van der Waals surface area contributed by atoms with Crippen LogP contribution < -0.4 is 14.8 Å². The number of fused-ring (bicyclic) bond motifs is 1. The van der Waals surface area contributed by atoms with E-state index in [2.05, 4.69) is 21.0 Å². The van der Waals surface area contributed by atoms with Crippen molar-refractivity contribution >= 4 is 44.1 Å². The van der Waals surface area contributed by atoms with Gasteiger partial charge in [-0.2, -0.15) is 0 Å². The molecule has 3 aromatic rings. The van der Waals surface area contributed by atoms with Gasteiger partial charge in [-0.25, -0.2) is 8.42 Å².